The topological polar surface area (TPSA) is 95.9 Å². The van der Waals surface area contributed by atoms with Crippen LogP contribution >= 0.6 is 0 Å². The molecule has 18 heavy (non-hydrogen) atoms. The summed E-state index contributed by atoms with van der Waals surface area (Å²) in [4.78, 5) is 34.5. The molecule has 0 fully saturated rings. The Morgan fingerprint density at radius 1 is 1.39 bits per heavy atom. The van der Waals surface area contributed by atoms with Crippen LogP contribution in [0.2, 0.25) is 0 Å². The summed E-state index contributed by atoms with van der Waals surface area (Å²) in [7, 11) is 1.52. The van der Waals surface area contributed by atoms with Gasteiger partial charge in [0.25, 0.3) is 5.91 Å². The van der Waals surface area contributed by atoms with Crippen LogP contribution in [-0.2, 0) is 14.3 Å². The van der Waals surface area contributed by atoms with Crippen LogP contribution in [0.15, 0.2) is 12.2 Å². The number of amides is 3. The number of carbonyl (C=O) groups is 3. The number of aliphatic carboxylic acids is 1. The van der Waals surface area contributed by atoms with E-state index in [-0.39, 0.29) is 6.04 Å². The van der Waals surface area contributed by atoms with E-state index < -0.39 is 17.9 Å². The third-order valence-corrected chi connectivity index (χ3v) is 2.15. The van der Waals surface area contributed by atoms with Crippen LogP contribution in [-0.4, -0.2) is 54.2 Å². The van der Waals surface area contributed by atoms with Gasteiger partial charge in [-0.1, -0.05) is 0 Å². The van der Waals surface area contributed by atoms with E-state index in [4.69, 9.17) is 9.84 Å². The highest BCUT2D eigenvalue weighted by Gasteiger charge is 2.19. The number of likely N-dealkylation sites (N-methyl/N-ethyl adjacent to an activating group) is 1. The monoisotopic (exact) mass is 258 g/mol. The zero-order valence-corrected chi connectivity index (χ0v) is 10.7. The summed E-state index contributed by atoms with van der Waals surface area (Å²) in [6.45, 7) is 4.31. The van der Waals surface area contributed by atoms with Gasteiger partial charge in [0, 0.05) is 25.8 Å². The molecule has 0 aliphatic carbocycles. The van der Waals surface area contributed by atoms with E-state index in [9.17, 15) is 14.4 Å². The number of nitrogens with zero attached hydrogens (tertiary/aromatic N) is 1. The lowest BCUT2D eigenvalue weighted by atomic mass is 10.3. The molecule has 0 bridgehead atoms. The Hall–Kier alpha value is -1.89. The van der Waals surface area contributed by atoms with E-state index in [2.05, 4.69) is 5.32 Å². The van der Waals surface area contributed by atoms with Crippen LogP contribution in [0.5, 0.6) is 0 Å². The standard InChI is InChI=1S/C11H18N2O5/c1-4-13(8(2)7-18-3)11(17)12-9(14)5-6-10(15)16/h5-6,8H,4,7H2,1-3H3,(H,15,16)(H,12,14,17). The molecule has 0 aliphatic heterocycles. The fourth-order valence-corrected chi connectivity index (χ4v) is 1.35. The first-order valence-electron chi connectivity index (χ1n) is 5.43. The van der Waals surface area contributed by atoms with Gasteiger partial charge in [-0.2, -0.15) is 0 Å². The first kappa shape index (κ1) is 16.1. The average molecular weight is 258 g/mol. The first-order valence-corrected chi connectivity index (χ1v) is 5.43. The van der Waals surface area contributed by atoms with E-state index in [1.807, 2.05) is 0 Å². The first-order chi connectivity index (χ1) is 8.42. The normalized spacial score (nSPS) is 12.2. The smallest absolute Gasteiger partial charge is 0.328 e. The van der Waals surface area contributed by atoms with Crippen LogP contribution < -0.4 is 5.32 Å². The summed E-state index contributed by atoms with van der Waals surface area (Å²) < 4.78 is 4.92. The van der Waals surface area contributed by atoms with Crippen molar-refractivity contribution in [1.82, 2.24) is 10.2 Å². The predicted molar refractivity (Wildman–Crippen MR) is 64.0 cm³/mol. The molecule has 7 nitrogen and oxygen atoms in total. The lowest BCUT2D eigenvalue weighted by Gasteiger charge is -2.27. The Morgan fingerprint density at radius 3 is 2.44 bits per heavy atom. The SMILES string of the molecule is CCN(C(=O)NC(=O)C=CC(=O)O)C(C)COC. The molecular formula is C11H18N2O5. The van der Waals surface area contributed by atoms with Crippen molar-refractivity contribution in [3.63, 3.8) is 0 Å². The molecular weight excluding hydrogens is 240 g/mol. The van der Waals surface area contributed by atoms with Gasteiger partial charge in [-0.3, -0.25) is 10.1 Å². The lowest BCUT2D eigenvalue weighted by Crippen LogP contribution is -2.48. The summed E-state index contributed by atoms with van der Waals surface area (Å²) in [5.41, 5.74) is 0. The number of carboxylic acids is 1. The zero-order valence-electron chi connectivity index (χ0n) is 10.7. The number of ether oxygens (including phenoxy) is 1. The molecule has 102 valence electrons. The molecule has 7 heteroatoms. The molecule has 1 unspecified atom stereocenters. The number of hydrogen-bond donors (Lipinski definition) is 2. The average Bonchev–Trinajstić information content (AvgIpc) is 2.27. The fraction of sp³-hybridized carbons (Fsp3) is 0.545. The third-order valence-electron chi connectivity index (χ3n) is 2.15. The van der Waals surface area contributed by atoms with Gasteiger partial charge < -0.3 is 14.7 Å². The summed E-state index contributed by atoms with van der Waals surface area (Å²) in [5, 5.41) is 10.4. The van der Waals surface area contributed by atoms with Crippen molar-refractivity contribution < 1.29 is 24.2 Å². The van der Waals surface area contributed by atoms with E-state index in [0.29, 0.717) is 19.2 Å². The van der Waals surface area contributed by atoms with Gasteiger partial charge in [0.05, 0.1) is 12.6 Å². The summed E-state index contributed by atoms with van der Waals surface area (Å²) >= 11 is 0. The fourth-order valence-electron chi connectivity index (χ4n) is 1.35. The van der Waals surface area contributed by atoms with Gasteiger partial charge in [-0.05, 0) is 13.8 Å². The van der Waals surface area contributed by atoms with E-state index in [0.717, 1.165) is 6.08 Å². The van der Waals surface area contributed by atoms with Gasteiger partial charge in [-0.15, -0.1) is 0 Å². The minimum Gasteiger partial charge on any atom is -0.478 e. The largest absolute Gasteiger partial charge is 0.478 e. The summed E-state index contributed by atoms with van der Waals surface area (Å²) in [5.74, 6) is -2.02. The second kappa shape index (κ2) is 8.24. The number of nitrogens with one attached hydrogen (secondary N) is 1. The van der Waals surface area contributed by atoms with E-state index >= 15 is 0 Å². The maximum atomic E-state index is 11.7. The number of carboxylic acid groups (broad SMARTS) is 1. The van der Waals surface area contributed by atoms with E-state index in [1.165, 1.54) is 12.0 Å². The van der Waals surface area contributed by atoms with Crippen molar-refractivity contribution in [3.8, 4) is 0 Å². The number of carbonyl (C=O) groups excluding carboxylic acids is 2. The Kier molecular flexibility index (Phi) is 7.37. The third kappa shape index (κ3) is 6.00. The van der Waals surface area contributed by atoms with Crippen molar-refractivity contribution in [3.05, 3.63) is 12.2 Å². The number of methoxy groups -OCH3 is 1. The minimum atomic E-state index is -1.25. The second-order valence-corrected chi connectivity index (χ2v) is 3.56. The Balaban J connectivity index is 4.44. The predicted octanol–water partition coefficient (Wildman–Crippen LogP) is 0.220. The highest BCUT2D eigenvalue weighted by molar-refractivity contribution is 6.02. The number of hydrogen-bond acceptors (Lipinski definition) is 4. The maximum absolute atomic E-state index is 11.7. The van der Waals surface area contributed by atoms with Crippen LogP contribution in [0.1, 0.15) is 13.8 Å². The Bertz CT molecular complexity index is 340. The van der Waals surface area contributed by atoms with Crippen LogP contribution in [0, 0.1) is 0 Å². The lowest BCUT2D eigenvalue weighted by molar-refractivity contribution is -0.131. The molecule has 0 aromatic carbocycles. The number of urea groups is 1. The molecule has 0 saturated heterocycles. The summed E-state index contributed by atoms with van der Waals surface area (Å²) in [6, 6.07) is -0.765. The molecule has 3 amide bonds. The Labute approximate surface area is 105 Å². The molecule has 0 spiro atoms. The summed E-state index contributed by atoms with van der Waals surface area (Å²) in [6.07, 6.45) is 1.45. The van der Waals surface area contributed by atoms with E-state index in [1.54, 1.807) is 13.8 Å². The minimum absolute atomic E-state index is 0.184. The van der Waals surface area contributed by atoms with Gasteiger partial charge >= 0.3 is 12.0 Å². The van der Waals surface area contributed by atoms with Crippen molar-refractivity contribution in [2.45, 2.75) is 19.9 Å². The van der Waals surface area contributed by atoms with Crippen molar-refractivity contribution in [2.75, 3.05) is 20.3 Å². The van der Waals surface area contributed by atoms with Crippen LogP contribution in [0.25, 0.3) is 0 Å². The number of imide groups is 1. The highest BCUT2D eigenvalue weighted by Crippen LogP contribution is 1.99. The quantitative estimate of drug-likeness (QED) is 0.664. The molecule has 0 aliphatic rings. The van der Waals surface area contributed by atoms with Crippen LogP contribution in [0.3, 0.4) is 0 Å². The molecule has 0 radical (unpaired) electrons. The highest BCUT2D eigenvalue weighted by atomic mass is 16.5. The van der Waals surface area contributed by atoms with Gasteiger partial charge in [-0.25, -0.2) is 9.59 Å². The van der Waals surface area contributed by atoms with Crippen molar-refractivity contribution in [2.24, 2.45) is 0 Å². The zero-order chi connectivity index (χ0) is 14.1. The molecule has 1 atom stereocenters. The number of rotatable bonds is 6. The second-order valence-electron chi connectivity index (χ2n) is 3.56. The van der Waals surface area contributed by atoms with Gasteiger partial charge in [0.15, 0.2) is 0 Å². The van der Waals surface area contributed by atoms with Gasteiger partial charge in [0.1, 0.15) is 0 Å². The molecule has 0 aromatic rings. The molecule has 2 N–H and O–H groups in total. The van der Waals surface area contributed by atoms with Crippen LogP contribution in [0.4, 0.5) is 4.79 Å². The van der Waals surface area contributed by atoms with Gasteiger partial charge in [0.2, 0.25) is 0 Å². The Morgan fingerprint density at radius 2 is 2.00 bits per heavy atom. The van der Waals surface area contributed by atoms with Crippen molar-refractivity contribution in [1.29, 1.82) is 0 Å². The molecule has 0 heterocycles. The maximum Gasteiger partial charge on any atom is 0.328 e. The van der Waals surface area contributed by atoms with Crippen molar-refractivity contribution >= 4 is 17.9 Å². The molecule has 0 rings (SSSR count). The molecule has 0 saturated carbocycles. The molecule has 0 aromatic heterocycles.